The summed E-state index contributed by atoms with van der Waals surface area (Å²) in [5.41, 5.74) is 6.11. The van der Waals surface area contributed by atoms with Crippen molar-refractivity contribution in [2.24, 2.45) is 7.05 Å². The van der Waals surface area contributed by atoms with Crippen LogP contribution in [0.2, 0.25) is 0 Å². The third-order valence-corrected chi connectivity index (χ3v) is 2.18. The van der Waals surface area contributed by atoms with Crippen LogP contribution in [-0.4, -0.2) is 32.7 Å². The molecule has 2 heterocycles. The zero-order valence-electron chi connectivity index (χ0n) is 9.81. The number of nitrogens with two attached hydrogens (primary N) is 1. The molecule has 0 aliphatic carbocycles. The fraction of sp³-hybridized carbons (Fsp3) is 0.444. The molecule has 2 N–H and O–H groups in total. The summed E-state index contributed by atoms with van der Waals surface area (Å²) in [4.78, 5) is 3.87. The van der Waals surface area contributed by atoms with E-state index >= 15 is 0 Å². The summed E-state index contributed by atoms with van der Waals surface area (Å²) in [6.07, 6.45) is -2.97. The highest BCUT2D eigenvalue weighted by Crippen LogP contribution is 2.23. The van der Waals surface area contributed by atoms with E-state index in [1.54, 1.807) is 7.05 Å². The largest absolute Gasteiger partial charge is 0.411 e. The van der Waals surface area contributed by atoms with Gasteiger partial charge in [-0.1, -0.05) is 5.16 Å². The maximum Gasteiger partial charge on any atom is 0.411 e. The molecule has 0 radical (unpaired) electrons. The summed E-state index contributed by atoms with van der Waals surface area (Å²) in [6, 6.07) is 0. The van der Waals surface area contributed by atoms with Crippen molar-refractivity contribution in [2.45, 2.75) is 12.8 Å². The average molecular weight is 277 g/mol. The molecule has 7 nitrogen and oxygen atoms in total. The Morgan fingerprint density at radius 3 is 2.79 bits per heavy atom. The molecule has 104 valence electrons. The molecular formula is C9H10F3N5O2. The summed E-state index contributed by atoms with van der Waals surface area (Å²) in [7, 11) is 1.63. The number of aromatic nitrogens is 4. The van der Waals surface area contributed by atoms with E-state index in [1.807, 2.05) is 0 Å². The number of ether oxygens (including phenoxy) is 1. The van der Waals surface area contributed by atoms with Crippen LogP contribution in [0.15, 0.2) is 10.7 Å². The van der Waals surface area contributed by atoms with Gasteiger partial charge in [-0.2, -0.15) is 23.3 Å². The predicted molar refractivity (Wildman–Crippen MR) is 56.6 cm³/mol. The Bertz CT molecular complexity index is 562. The van der Waals surface area contributed by atoms with Crippen molar-refractivity contribution in [3.8, 4) is 11.5 Å². The zero-order valence-corrected chi connectivity index (χ0v) is 9.81. The number of hydrogen-bond donors (Lipinski definition) is 1. The number of nitrogen functional groups attached to an aromatic ring is 1. The van der Waals surface area contributed by atoms with Crippen LogP contribution in [0.4, 0.5) is 19.0 Å². The smallest absolute Gasteiger partial charge is 0.383 e. The van der Waals surface area contributed by atoms with Gasteiger partial charge in [0.1, 0.15) is 24.6 Å². The third-order valence-electron chi connectivity index (χ3n) is 2.18. The van der Waals surface area contributed by atoms with Crippen LogP contribution in [0, 0.1) is 0 Å². The van der Waals surface area contributed by atoms with Gasteiger partial charge in [0, 0.05) is 7.05 Å². The Balaban J connectivity index is 2.02. The van der Waals surface area contributed by atoms with Crippen LogP contribution < -0.4 is 5.73 Å². The molecule has 0 atom stereocenters. The molecule has 0 spiro atoms. The molecule has 0 aliphatic heterocycles. The zero-order chi connectivity index (χ0) is 14.0. The van der Waals surface area contributed by atoms with E-state index in [4.69, 9.17) is 10.3 Å². The lowest BCUT2D eigenvalue weighted by Gasteiger charge is -2.04. The first-order chi connectivity index (χ1) is 8.87. The average Bonchev–Trinajstić information content (AvgIpc) is 2.86. The molecular weight excluding hydrogens is 267 g/mol. The van der Waals surface area contributed by atoms with Crippen molar-refractivity contribution in [1.82, 2.24) is 19.9 Å². The Kier molecular flexibility index (Phi) is 3.42. The van der Waals surface area contributed by atoms with Crippen molar-refractivity contribution < 1.29 is 22.4 Å². The normalized spacial score (nSPS) is 12.0. The van der Waals surface area contributed by atoms with Gasteiger partial charge in [-0.15, -0.1) is 0 Å². The summed E-state index contributed by atoms with van der Waals surface area (Å²) >= 11 is 0. The van der Waals surface area contributed by atoms with Gasteiger partial charge in [-0.25, -0.2) is 0 Å². The highest BCUT2D eigenvalue weighted by atomic mass is 19.4. The Hall–Kier alpha value is -2.10. The van der Waals surface area contributed by atoms with E-state index in [9.17, 15) is 13.2 Å². The molecule has 0 amide bonds. The maximum atomic E-state index is 11.9. The minimum Gasteiger partial charge on any atom is -0.383 e. The number of rotatable bonds is 4. The van der Waals surface area contributed by atoms with Crippen molar-refractivity contribution >= 4 is 5.82 Å². The first kappa shape index (κ1) is 13.3. The van der Waals surface area contributed by atoms with E-state index in [-0.39, 0.29) is 11.7 Å². The predicted octanol–water partition coefficient (Wildman–Crippen LogP) is 1.13. The molecule has 0 bridgehead atoms. The summed E-state index contributed by atoms with van der Waals surface area (Å²) in [5, 5.41) is 7.37. The molecule has 0 aromatic carbocycles. The first-order valence-corrected chi connectivity index (χ1v) is 5.12. The minimum absolute atomic E-state index is 0.00232. The Morgan fingerprint density at radius 1 is 1.47 bits per heavy atom. The van der Waals surface area contributed by atoms with Crippen LogP contribution in [0.3, 0.4) is 0 Å². The molecule has 2 rings (SSSR count). The third kappa shape index (κ3) is 3.22. The Labute approximate surface area is 105 Å². The molecule has 0 saturated carbocycles. The second kappa shape index (κ2) is 4.88. The summed E-state index contributed by atoms with van der Waals surface area (Å²) in [5.74, 6) is 0.394. The van der Waals surface area contributed by atoms with Gasteiger partial charge < -0.3 is 15.0 Å². The van der Waals surface area contributed by atoms with Gasteiger partial charge in [0.2, 0.25) is 0 Å². The Morgan fingerprint density at radius 2 is 2.21 bits per heavy atom. The number of aryl methyl sites for hydroxylation is 1. The lowest BCUT2D eigenvalue weighted by Crippen LogP contribution is -2.16. The molecule has 0 aliphatic rings. The van der Waals surface area contributed by atoms with Crippen LogP contribution >= 0.6 is 0 Å². The van der Waals surface area contributed by atoms with E-state index in [0.717, 1.165) is 0 Å². The standard InChI is InChI=1S/C9H10F3N5O2/c1-17-7(13)5(2-14-17)8-15-6(16-19-8)3-18-4-9(10,11)12/h2H,3-4,13H2,1H3. The highest BCUT2D eigenvalue weighted by Gasteiger charge is 2.27. The molecule has 0 saturated heterocycles. The number of anilines is 1. The maximum absolute atomic E-state index is 11.9. The van der Waals surface area contributed by atoms with E-state index in [1.165, 1.54) is 10.9 Å². The molecule has 2 aromatic heterocycles. The van der Waals surface area contributed by atoms with E-state index < -0.39 is 19.4 Å². The van der Waals surface area contributed by atoms with E-state index in [2.05, 4.69) is 20.0 Å². The van der Waals surface area contributed by atoms with Crippen LogP contribution in [0.5, 0.6) is 0 Å². The highest BCUT2D eigenvalue weighted by molar-refractivity contribution is 5.66. The quantitative estimate of drug-likeness (QED) is 0.900. The SMILES string of the molecule is Cn1ncc(-c2nc(COCC(F)(F)F)no2)c1N. The minimum atomic E-state index is -4.39. The summed E-state index contributed by atoms with van der Waals surface area (Å²) in [6.45, 7) is -1.77. The van der Waals surface area contributed by atoms with Crippen molar-refractivity contribution in [1.29, 1.82) is 0 Å². The fourth-order valence-electron chi connectivity index (χ4n) is 1.29. The monoisotopic (exact) mass is 277 g/mol. The van der Waals surface area contributed by atoms with Crippen molar-refractivity contribution in [3.05, 3.63) is 12.0 Å². The van der Waals surface area contributed by atoms with Crippen LogP contribution in [0.1, 0.15) is 5.82 Å². The second-order valence-electron chi connectivity index (χ2n) is 3.69. The van der Waals surface area contributed by atoms with Gasteiger partial charge in [0.25, 0.3) is 5.89 Å². The number of alkyl halides is 3. The second-order valence-corrected chi connectivity index (χ2v) is 3.69. The first-order valence-electron chi connectivity index (χ1n) is 5.12. The number of nitrogens with zero attached hydrogens (tertiary/aromatic N) is 4. The van der Waals surface area contributed by atoms with Crippen LogP contribution in [0.25, 0.3) is 11.5 Å². The lowest BCUT2D eigenvalue weighted by molar-refractivity contribution is -0.177. The molecule has 0 unspecified atom stereocenters. The number of halogens is 3. The molecule has 10 heteroatoms. The lowest BCUT2D eigenvalue weighted by atomic mass is 10.3. The van der Waals surface area contributed by atoms with Crippen LogP contribution in [-0.2, 0) is 18.4 Å². The van der Waals surface area contributed by atoms with Gasteiger partial charge in [0.05, 0.1) is 6.20 Å². The van der Waals surface area contributed by atoms with Gasteiger partial charge in [-0.05, 0) is 0 Å². The molecule has 0 fully saturated rings. The number of hydrogen-bond acceptors (Lipinski definition) is 6. The fourth-order valence-corrected chi connectivity index (χ4v) is 1.29. The van der Waals surface area contributed by atoms with Crippen molar-refractivity contribution in [2.75, 3.05) is 12.3 Å². The van der Waals surface area contributed by atoms with E-state index in [0.29, 0.717) is 11.4 Å². The molecule has 2 aromatic rings. The van der Waals surface area contributed by atoms with Gasteiger partial charge in [-0.3, -0.25) is 4.68 Å². The van der Waals surface area contributed by atoms with Gasteiger partial charge in [0.15, 0.2) is 5.82 Å². The topological polar surface area (TPSA) is 92.0 Å². The van der Waals surface area contributed by atoms with Crippen molar-refractivity contribution in [3.63, 3.8) is 0 Å². The molecule has 19 heavy (non-hydrogen) atoms. The van der Waals surface area contributed by atoms with Gasteiger partial charge >= 0.3 is 6.18 Å². The summed E-state index contributed by atoms with van der Waals surface area (Å²) < 4.78 is 46.3.